The zero-order chi connectivity index (χ0) is 27.6. The second kappa shape index (κ2) is 11.4. The first-order valence-corrected chi connectivity index (χ1v) is 12.9. The monoisotopic (exact) mass is 531 g/mol. The van der Waals surface area contributed by atoms with Crippen molar-refractivity contribution in [3.05, 3.63) is 64.2 Å². The molecule has 2 aromatic carbocycles. The standard InChI is InChI=1S/C28H36F3N5O2/c1-18-14-36(17-26(32)37)16-21-12-19(5-7-24(18)21)27(38)33-22-6-4-20(25(13-22)28(29,30)31)15-35-10-8-23(9-11-35)34(2)3/h4-7,12-13,18,23H,8-11,14-17H2,1-3H3,(H2,32,37)(H,33,38)/t18-/m0/s1. The Morgan fingerprint density at radius 3 is 2.42 bits per heavy atom. The van der Waals surface area contributed by atoms with Crippen molar-refractivity contribution in [2.45, 2.75) is 51.0 Å². The van der Waals surface area contributed by atoms with Crippen LogP contribution in [0.25, 0.3) is 0 Å². The Bertz CT molecular complexity index is 1180. The van der Waals surface area contributed by atoms with Crippen LogP contribution < -0.4 is 11.1 Å². The van der Waals surface area contributed by atoms with Crippen LogP contribution in [0.3, 0.4) is 0 Å². The van der Waals surface area contributed by atoms with Gasteiger partial charge in [-0.25, -0.2) is 0 Å². The molecule has 0 bridgehead atoms. The molecule has 0 saturated carbocycles. The van der Waals surface area contributed by atoms with E-state index in [9.17, 15) is 22.8 Å². The summed E-state index contributed by atoms with van der Waals surface area (Å²) in [6.07, 6.45) is -2.70. The number of carbonyl (C=O) groups is 2. The lowest BCUT2D eigenvalue weighted by molar-refractivity contribution is -0.138. The molecule has 0 aromatic heterocycles. The molecule has 2 aliphatic rings. The number of nitrogens with zero attached hydrogens (tertiary/aromatic N) is 3. The number of nitrogens with two attached hydrogens (primary N) is 1. The van der Waals surface area contributed by atoms with Crippen molar-refractivity contribution in [3.63, 3.8) is 0 Å². The van der Waals surface area contributed by atoms with Crippen molar-refractivity contribution < 1.29 is 22.8 Å². The Morgan fingerprint density at radius 2 is 1.79 bits per heavy atom. The number of carbonyl (C=O) groups excluding carboxylic acids is 2. The molecule has 10 heteroatoms. The smallest absolute Gasteiger partial charge is 0.369 e. The summed E-state index contributed by atoms with van der Waals surface area (Å²) in [6, 6.07) is 9.77. The average Bonchev–Trinajstić information content (AvgIpc) is 2.84. The van der Waals surface area contributed by atoms with Gasteiger partial charge < -0.3 is 16.0 Å². The molecule has 2 amide bonds. The van der Waals surface area contributed by atoms with Gasteiger partial charge in [-0.3, -0.25) is 19.4 Å². The van der Waals surface area contributed by atoms with Gasteiger partial charge in [0.25, 0.3) is 5.91 Å². The van der Waals surface area contributed by atoms with E-state index in [-0.39, 0.29) is 30.3 Å². The molecule has 1 saturated heterocycles. The van der Waals surface area contributed by atoms with E-state index in [0.717, 1.165) is 43.1 Å². The first-order chi connectivity index (χ1) is 17.9. The van der Waals surface area contributed by atoms with E-state index in [0.29, 0.717) is 24.7 Å². The fraction of sp³-hybridized carbons (Fsp3) is 0.500. The third kappa shape index (κ3) is 6.73. The lowest BCUT2D eigenvalue weighted by atomic mass is 9.89. The van der Waals surface area contributed by atoms with Crippen LogP contribution in [0.15, 0.2) is 36.4 Å². The lowest BCUT2D eigenvalue weighted by Gasteiger charge is -2.35. The molecule has 2 aromatic rings. The third-order valence-corrected chi connectivity index (χ3v) is 7.60. The zero-order valence-corrected chi connectivity index (χ0v) is 22.1. The van der Waals surface area contributed by atoms with Crippen LogP contribution in [-0.2, 0) is 24.1 Å². The average molecular weight is 532 g/mol. The van der Waals surface area contributed by atoms with Crippen molar-refractivity contribution in [1.82, 2.24) is 14.7 Å². The van der Waals surface area contributed by atoms with Crippen molar-refractivity contribution in [2.24, 2.45) is 5.73 Å². The van der Waals surface area contributed by atoms with Gasteiger partial charge in [-0.05, 0) is 86.9 Å². The number of fused-ring (bicyclic) bond motifs is 1. The molecule has 0 unspecified atom stereocenters. The minimum atomic E-state index is -4.54. The Morgan fingerprint density at radius 1 is 1.08 bits per heavy atom. The predicted octanol–water partition coefficient (Wildman–Crippen LogP) is 3.89. The maximum atomic E-state index is 14.0. The third-order valence-electron chi connectivity index (χ3n) is 7.60. The quantitative estimate of drug-likeness (QED) is 0.567. The molecule has 2 heterocycles. The fourth-order valence-corrected chi connectivity index (χ4v) is 5.59. The number of hydrogen-bond acceptors (Lipinski definition) is 5. The SMILES string of the molecule is C[C@H]1CN(CC(N)=O)Cc2cc(C(=O)Nc3ccc(CN4CCC(N(C)C)CC4)c(C(F)(F)F)c3)ccc21. The highest BCUT2D eigenvalue weighted by Crippen LogP contribution is 2.35. The number of nitrogens with one attached hydrogen (secondary N) is 1. The Kier molecular flexibility index (Phi) is 8.44. The van der Waals surface area contributed by atoms with Crippen molar-refractivity contribution in [1.29, 1.82) is 0 Å². The Balaban J connectivity index is 1.48. The molecule has 7 nitrogen and oxygen atoms in total. The highest BCUT2D eigenvalue weighted by Gasteiger charge is 2.34. The maximum Gasteiger partial charge on any atom is 0.416 e. The van der Waals surface area contributed by atoms with Crippen molar-refractivity contribution >= 4 is 17.5 Å². The van der Waals surface area contributed by atoms with E-state index in [1.165, 1.54) is 12.1 Å². The molecule has 0 radical (unpaired) electrons. The molecule has 1 fully saturated rings. The summed E-state index contributed by atoms with van der Waals surface area (Å²) in [5.41, 5.74) is 7.25. The number of piperidine rings is 1. The molecule has 0 aliphatic carbocycles. The van der Waals surface area contributed by atoms with Crippen LogP contribution in [0, 0.1) is 0 Å². The van der Waals surface area contributed by atoms with Gasteiger partial charge in [-0.2, -0.15) is 13.2 Å². The fourth-order valence-electron chi connectivity index (χ4n) is 5.59. The largest absolute Gasteiger partial charge is 0.416 e. The van der Waals surface area contributed by atoms with Gasteiger partial charge in [0.15, 0.2) is 0 Å². The lowest BCUT2D eigenvalue weighted by Crippen LogP contribution is -2.41. The number of rotatable bonds is 7. The number of likely N-dealkylation sites (tertiary alicyclic amines) is 1. The number of hydrogen-bond donors (Lipinski definition) is 2. The van der Waals surface area contributed by atoms with Crippen LogP contribution in [0.5, 0.6) is 0 Å². The molecule has 4 rings (SSSR count). The molecule has 38 heavy (non-hydrogen) atoms. The number of benzene rings is 2. The summed E-state index contributed by atoms with van der Waals surface area (Å²) in [4.78, 5) is 30.5. The van der Waals surface area contributed by atoms with Gasteiger partial charge in [0.05, 0.1) is 12.1 Å². The normalized spacial score (nSPS) is 19.4. The molecule has 3 N–H and O–H groups in total. The van der Waals surface area contributed by atoms with Gasteiger partial charge in [0.1, 0.15) is 0 Å². The summed E-state index contributed by atoms with van der Waals surface area (Å²) in [5, 5.41) is 2.64. The predicted molar refractivity (Wildman–Crippen MR) is 141 cm³/mol. The summed E-state index contributed by atoms with van der Waals surface area (Å²) in [7, 11) is 4.05. The minimum Gasteiger partial charge on any atom is -0.369 e. The first kappa shape index (κ1) is 28.1. The van der Waals surface area contributed by atoms with Crippen molar-refractivity contribution in [3.8, 4) is 0 Å². The number of primary amides is 1. The summed E-state index contributed by atoms with van der Waals surface area (Å²) in [6.45, 7) is 5.02. The minimum absolute atomic E-state index is 0.0961. The van der Waals surface area contributed by atoms with E-state index < -0.39 is 23.6 Å². The van der Waals surface area contributed by atoms with E-state index in [1.54, 1.807) is 12.1 Å². The van der Waals surface area contributed by atoms with Crippen LogP contribution >= 0.6 is 0 Å². The highest BCUT2D eigenvalue weighted by molar-refractivity contribution is 6.04. The van der Waals surface area contributed by atoms with E-state index in [2.05, 4.69) is 15.1 Å². The molecular weight excluding hydrogens is 495 g/mol. The first-order valence-electron chi connectivity index (χ1n) is 12.9. The summed E-state index contributed by atoms with van der Waals surface area (Å²) >= 11 is 0. The zero-order valence-electron chi connectivity index (χ0n) is 22.1. The van der Waals surface area contributed by atoms with Gasteiger partial charge in [-0.15, -0.1) is 0 Å². The summed E-state index contributed by atoms with van der Waals surface area (Å²) in [5.74, 6) is -0.749. The van der Waals surface area contributed by atoms with E-state index >= 15 is 0 Å². The van der Waals surface area contributed by atoms with Gasteiger partial charge >= 0.3 is 6.18 Å². The number of halogens is 3. The number of anilines is 1. The van der Waals surface area contributed by atoms with Crippen LogP contribution in [-0.4, -0.2) is 72.8 Å². The van der Waals surface area contributed by atoms with Crippen LogP contribution in [0.2, 0.25) is 0 Å². The van der Waals surface area contributed by atoms with Crippen LogP contribution in [0.4, 0.5) is 18.9 Å². The second-order valence-electron chi connectivity index (χ2n) is 10.7. The van der Waals surface area contributed by atoms with E-state index in [4.69, 9.17) is 5.73 Å². The number of amides is 2. The molecular formula is C28H36F3N5O2. The second-order valence-corrected chi connectivity index (χ2v) is 10.7. The Labute approximate surface area is 221 Å². The van der Waals surface area contributed by atoms with Gasteiger partial charge in [-0.1, -0.05) is 19.1 Å². The highest BCUT2D eigenvalue weighted by atomic mass is 19.4. The maximum absolute atomic E-state index is 14.0. The van der Waals surface area contributed by atoms with Gasteiger partial charge in [0, 0.05) is 36.9 Å². The number of alkyl halides is 3. The Hall–Kier alpha value is -2.95. The molecule has 206 valence electrons. The van der Waals surface area contributed by atoms with Crippen LogP contribution in [0.1, 0.15) is 58.3 Å². The van der Waals surface area contributed by atoms with Gasteiger partial charge in [0.2, 0.25) is 5.91 Å². The topological polar surface area (TPSA) is 81.9 Å². The molecule has 1 atom stereocenters. The van der Waals surface area contributed by atoms with Crippen molar-refractivity contribution in [2.75, 3.05) is 45.6 Å². The molecule has 2 aliphatic heterocycles. The molecule has 0 spiro atoms. The van der Waals surface area contributed by atoms with E-state index in [1.807, 2.05) is 32.0 Å². The summed E-state index contributed by atoms with van der Waals surface area (Å²) < 4.78 is 42.0.